The lowest BCUT2D eigenvalue weighted by atomic mass is 10.2. The molecule has 0 saturated carbocycles. The summed E-state index contributed by atoms with van der Waals surface area (Å²) >= 11 is 0. The molecule has 100 valence electrons. The molecule has 1 aromatic heterocycles. The monoisotopic (exact) mass is 265 g/mol. The maximum absolute atomic E-state index is 12.1. The Labute approximate surface area is 117 Å². The second-order valence-corrected chi connectivity index (χ2v) is 4.74. The van der Waals surface area contributed by atoms with E-state index in [2.05, 4.69) is 10.3 Å². The summed E-state index contributed by atoms with van der Waals surface area (Å²) in [5, 5.41) is 2.89. The van der Waals surface area contributed by atoms with E-state index < -0.39 is 0 Å². The third kappa shape index (κ3) is 2.16. The van der Waals surface area contributed by atoms with Crippen molar-refractivity contribution in [2.75, 3.05) is 5.32 Å². The van der Waals surface area contributed by atoms with Gasteiger partial charge in [0.2, 0.25) is 0 Å². The number of carbonyl (C=O) groups excluding carboxylic acids is 1. The quantitative estimate of drug-likeness (QED) is 0.773. The predicted molar refractivity (Wildman–Crippen MR) is 79.8 cm³/mol. The minimum absolute atomic E-state index is 0.113. The Morgan fingerprint density at radius 1 is 1.15 bits per heavy atom. The molecule has 4 nitrogen and oxygen atoms in total. The number of benzene rings is 2. The van der Waals surface area contributed by atoms with Gasteiger partial charge in [-0.2, -0.15) is 0 Å². The first-order valence-electron chi connectivity index (χ1n) is 6.44. The molecule has 1 amide bonds. The molecule has 0 unspecified atom stereocenters. The topological polar surface area (TPSA) is 46.9 Å². The number of anilines is 1. The molecule has 1 heterocycles. The minimum Gasteiger partial charge on any atom is -0.331 e. The normalized spacial score (nSPS) is 10.7. The van der Waals surface area contributed by atoms with Gasteiger partial charge in [-0.15, -0.1) is 0 Å². The van der Waals surface area contributed by atoms with Crippen LogP contribution < -0.4 is 5.32 Å². The van der Waals surface area contributed by atoms with E-state index in [1.807, 2.05) is 54.9 Å². The summed E-state index contributed by atoms with van der Waals surface area (Å²) in [7, 11) is 1.98. The van der Waals surface area contributed by atoms with E-state index in [0.717, 1.165) is 22.5 Å². The van der Waals surface area contributed by atoms with Crippen LogP contribution in [0.1, 0.15) is 16.2 Å². The first kappa shape index (κ1) is 12.4. The van der Waals surface area contributed by atoms with Crippen LogP contribution in [-0.4, -0.2) is 15.5 Å². The molecule has 0 fully saturated rings. The molecule has 0 bridgehead atoms. The van der Waals surface area contributed by atoms with Crippen molar-refractivity contribution in [3.8, 4) is 0 Å². The number of nitrogens with one attached hydrogen (secondary N) is 1. The molecule has 4 heteroatoms. The molecule has 1 N–H and O–H groups in total. The van der Waals surface area contributed by atoms with Crippen molar-refractivity contribution in [2.45, 2.75) is 6.92 Å². The van der Waals surface area contributed by atoms with Gasteiger partial charge in [-0.3, -0.25) is 4.79 Å². The maximum Gasteiger partial charge on any atom is 0.255 e. The van der Waals surface area contributed by atoms with Crippen LogP contribution in [0, 0.1) is 6.92 Å². The maximum atomic E-state index is 12.1. The Hall–Kier alpha value is -2.62. The van der Waals surface area contributed by atoms with E-state index in [-0.39, 0.29) is 5.91 Å². The highest BCUT2D eigenvalue weighted by molar-refractivity contribution is 6.04. The zero-order valence-corrected chi connectivity index (χ0v) is 11.4. The smallest absolute Gasteiger partial charge is 0.255 e. The molecule has 2 aromatic carbocycles. The van der Waals surface area contributed by atoms with Crippen LogP contribution in [0.15, 0.2) is 48.5 Å². The SMILES string of the molecule is Cc1nc2cc(NC(=O)c3ccccc3)ccc2n1C. The number of hydrogen-bond acceptors (Lipinski definition) is 2. The van der Waals surface area contributed by atoms with Crippen molar-refractivity contribution in [3.63, 3.8) is 0 Å². The number of aryl methyl sites for hydroxylation is 2. The first-order chi connectivity index (χ1) is 9.65. The number of fused-ring (bicyclic) bond motifs is 1. The highest BCUT2D eigenvalue weighted by Crippen LogP contribution is 2.19. The lowest BCUT2D eigenvalue weighted by molar-refractivity contribution is 0.102. The van der Waals surface area contributed by atoms with Crippen LogP contribution >= 0.6 is 0 Å². The van der Waals surface area contributed by atoms with Gasteiger partial charge in [0.25, 0.3) is 5.91 Å². The number of amides is 1. The van der Waals surface area contributed by atoms with Crippen LogP contribution in [0.5, 0.6) is 0 Å². The summed E-state index contributed by atoms with van der Waals surface area (Å²) in [6.07, 6.45) is 0. The van der Waals surface area contributed by atoms with Gasteiger partial charge < -0.3 is 9.88 Å². The Balaban J connectivity index is 1.90. The summed E-state index contributed by atoms with van der Waals surface area (Å²) in [4.78, 5) is 16.6. The van der Waals surface area contributed by atoms with Crippen molar-refractivity contribution in [1.82, 2.24) is 9.55 Å². The van der Waals surface area contributed by atoms with Crippen molar-refractivity contribution < 1.29 is 4.79 Å². The highest BCUT2D eigenvalue weighted by atomic mass is 16.1. The Bertz CT molecular complexity index is 775. The van der Waals surface area contributed by atoms with E-state index in [0.29, 0.717) is 5.56 Å². The van der Waals surface area contributed by atoms with E-state index in [1.54, 1.807) is 12.1 Å². The fourth-order valence-corrected chi connectivity index (χ4v) is 2.19. The van der Waals surface area contributed by atoms with Gasteiger partial charge in [-0.25, -0.2) is 4.98 Å². The van der Waals surface area contributed by atoms with Crippen LogP contribution in [0.4, 0.5) is 5.69 Å². The third-order valence-corrected chi connectivity index (χ3v) is 3.40. The zero-order valence-electron chi connectivity index (χ0n) is 11.4. The number of imidazole rings is 1. The molecular weight excluding hydrogens is 250 g/mol. The molecule has 0 aliphatic heterocycles. The molecule has 0 aliphatic carbocycles. The second-order valence-electron chi connectivity index (χ2n) is 4.74. The highest BCUT2D eigenvalue weighted by Gasteiger charge is 2.08. The fourth-order valence-electron chi connectivity index (χ4n) is 2.19. The van der Waals surface area contributed by atoms with Gasteiger partial charge in [-0.1, -0.05) is 18.2 Å². The average Bonchev–Trinajstić information content (AvgIpc) is 2.74. The van der Waals surface area contributed by atoms with Crippen LogP contribution in [0.3, 0.4) is 0 Å². The molecule has 0 spiro atoms. The van der Waals surface area contributed by atoms with Crippen molar-refractivity contribution in [3.05, 3.63) is 59.9 Å². The summed E-state index contributed by atoms with van der Waals surface area (Å²) in [5.41, 5.74) is 3.34. The standard InChI is InChI=1S/C16H15N3O/c1-11-17-14-10-13(8-9-15(14)19(11)2)18-16(20)12-6-4-3-5-7-12/h3-10H,1-2H3,(H,18,20). The fraction of sp³-hybridized carbons (Fsp3) is 0.125. The molecule has 20 heavy (non-hydrogen) atoms. The summed E-state index contributed by atoms with van der Waals surface area (Å²) < 4.78 is 2.03. The molecule has 3 aromatic rings. The molecule has 0 radical (unpaired) electrons. The third-order valence-electron chi connectivity index (χ3n) is 3.40. The number of aromatic nitrogens is 2. The Morgan fingerprint density at radius 2 is 1.90 bits per heavy atom. The van der Waals surface area contributed by atoms with Crippen LogP contribution in [0.25, 0.3) is 11.0 Å². The van der Waals surface area contributed by atoms with E-state index in [1.165, 1.54) is 0 Å². The molecule has 0 saturated heterocycles. The Morgan fingerprint density at radius 3 is 2.65 bits per heavy atom. The number of nitrogens with zero attached hydrogens (tertiary/aromatic N) is 2. The number of hydrogen-bond donors (Lipinski definition) is 1. The Kier molecular flexibility index (Phi) is 2.99. The lowest BCUT2D eigenvalue weighted by Gasteiger charge is -2.05. The van der Waals surface area contributed by atoms with Crippen LogP contribution in [-0.2, 0) is 7.05 Å². The number of rotatable bonds is 2. The molecule has 0 aliphatic rings. The zero-order chi connectivity index (χ0) is 14.1. The van der Waals surface area contributed by atoms with Gasteiger partial charge in [0.05, 0.1) is 11.0 Å². The van der Waals surface area contributed by atoms with E-state index in [9.17, 15) is 4.79 Å². The van der Waals surface area contributed by atoms with Gasteiger partial charge >= 0.3 is 0 Å². The van der Waals surface area contributed by atoms with Crippen molar-refractivity contribution in [2.24, 2.45) is 7.05 Å². The minimum atomic E-state index is -0.113. The summed E-state index contributed by atoms with van der Waals surface area (Å²) in [6.45, 7) is 1.96. The first-order valence-corrected chi connectivity index (χ1v) is 6.44. The lowest BCUT2D eigenvalue weighted by Crippen LogP contribution is -2.11. The van der Waals surface area contributed by atoms with Gasteiger partial charge in [0.15, 0.2) is 0 Å². The number of carbonyl (C=O) groups is 1. The molecule has 0 atom stereocenters. The van der Waals surface area contributed by atoms with E-state index >= 15 is 0 Å². The summed E-state index contributed by atoms with van der Waals surface area (Å²) in [5.74, 6) is 0.837. The molecule has 3 rings (SSSR count). The second kappa shape index (κ2) is 4.81. The largest absolute Gasteiger partial charge is 0.331 e. The summed E-state index contributed by atoms with van der Waals surface area (Å²) in [6, 6.07) is 14.9. The van der Waals surface area contributed by atoms with Crippen LogP contribution in [0.2, 0.25) is 0 Å². The van der Waals surface area contributed by atoms with Crippen molar-refractivity contribution in [1.29, 1.82) is 0 Å². The van der Waals surface area contributed by atoms with Gasteiger partial charge in [0.1, 0.15) is 5.82 Å². The average molecular weight is 265 g/mol. The molecular formula is C16H15N3O. The van der Waals surface area contributed by atoms with Gasteiger partial charge in [-0.05, 0) is 37.3 Å². The van der Waals surface area contributed by atoms with E-state index in [4.69, 9.17) is 0 Å². The van der Waals surface area contributed by atoms with Gasteiger partial charge in [0, 0.05) is 18.3 Å². The predicted octanol–water partition coefficient (Wildman–Crippen LogP) is 3.13. The van der Waals surface area contributed by atoms with Crippen molar-refractivity contribution >= 4 is 22.6 Å².